The zero-order chi connectivity index (χ0) is 16.8. The Morgan fingerprint density at radius 3 is 2.75 bits per heavy atom. The molecule has 0 saturated heterocycles. The Hall–Kier alpha value is -2.53. The van der Waals surface area contributed by atoms with Crippen LogP contribution in [0.4, 0.5) is 0 Å². The molecule has 24 heavy (non-hydrogen) atoms. The average molecular weight is 326 g/mol. The van der Waals surface area contributed by atoms with Crippen molar-refractivity contribution in [1.82, 2.24) is 9.55 Å². The van der Waals surface area contributed by atoms with Crippen LogP contribution in [0.5, 0.6) is 11.5 Å². The van der Waals surface area contributed by atoms with E-state index < -0.39 is 0 Å². The SMILES string of the molecule is COc1cccc(OCCCn2c(CCO)nc3ccccc32)c1. The minimum atomic E-state index is 0.101. The van der Waals surface area contributed by atoms with Gasteiger partial charge in [-0.05, 0) is 30.7 Å². The number of aryl methyl sites for hydroxylation is 1. The first-order valence-corrected chi connectivity index (χ1v) is 8.13. The first-order valence-electron chi connectivity index (χ1n) is 8.13. The summed E-state index contributed by atoms with van der Waals surface area (Å²) in [6.45, 7) is 1.52. The number of hydrogen-bond donors (Lipinski definition) is 1. The number of aliphatic hydroxyl groups is 1. The van der Waals surface area contributed by atoms with Crippen LogP contribution in [-0.4, -0.2) is 35.0 Å². The summed E-state index contributed by atoms with van der Waals surface area (Å²) in [4.78, 5) is 4.61. The molecule has 2 aromatic carbocycles. The molecule has 0 aliphatic carbocycles. The van der Waals surface area contributed by atoms with Crippen LogP contribution in [0.25, 0.3) is 11.0 Å². The lowest BCUT2D eigenvalue weighted by molar-refractivity contribution is 0.289. The van der Waals surface area contributed by atoms with Crippen LogP contribution >= 0.6 is 0 Å². The van der Waals surface area contributed by atoms with E-state index in [4.69, 9.17) is 9.47 Å². The zero-order valence-electron chi connectivity index (χ0n) is 13.8. The number of aliphatic hydroxyl groups excluding tert-OH is 1. The number of aromatic nitrogens is 2. The van der Waals surface area contributed by atoms with Crippen molar-refractivity contribution in [2.24, 2.45) is 0 Å². The Balaban J connectivity index is 1.63. The fraction of sp³-hybridized carbons (Fsp3) is 0.316. The quantitative estimate of drug-likeness (QED) is 0.647. The maximum absolute atomic E-state index is 9.25. The molecule has 0 radical (unpaired) electrons. The molecule has 5 nitrogen and oxygen atoms in total. The first-order chi connectivity index (χ1) is 11.8. The summed E-state index contributed by atoms with van der Waals surface area (Å²) in [6.07, 6.45) is 1.42. The van der Waals surface area contributed by atoms with Crippen LogP contribution < -0.4 is 9.47 Å². The highest BCUT2D eigenvalue weighted by Gasteiger charge is 2.09. The van der Waals surface area contributed by atoms with Gasteiger partial charge in [-0.3, -0.25) is 0 Å². The molecule has 1 N–H and O–H groups in total. The summed E-state index contributed by atoms with van der Waals surface area (Å²) < 4.78 is 13.2. The van der Waals surface area contributed by atoms with Gasteiger partial charge in [-0.15, -0.1) is 0 Å². The first kappa shape index (κ1) is 16.3. The van der Waals surface area contributed by atoms with Crippen molar-refractivity contribution in [1.29, 1.82) is 0 Å². The van der Waals surface area contributed by atoms with Crippen molar-refractivity contribution in [3.05, 3.63) is 54.4 Å². The van der Waals surface area contributed by atoms with Crippen molar-refractivity contribution < 1.29 is 14.6 Å². The van der Waals surface area contributed by atoms with Crippen LogP contribution in [0, 0.1) is 0 Å². The van der Waals surface area contributed by atoms with Gasteiger partial charge in [0.15, 0.2) is 0 Å². The van der Waals surface area contributed by atoms with E-state index in [1.54, 1.807) is 7.11 Å². The minimum absolute atomic E-state index is 0.101. The Bertz CT molecular complexity index is 798. The van der Waals surface area contributed by atoms with E-state index >= 15 is 0 Å². The summed E-state index contributed by atoms with van der Waals surface area (Å²) >= 11 is 0. The van der Waals surface area contributed by atoms with Gasteiger partial charge < -0.3 is 19.1 Å². The van der Waals surface area contributed by atoms with Gasteiger partial charge in [0.25, 0.3) is 0 Å². The van der Waals surface area contributed by atoms with E-state index in [9.17, 15) is 5.11 Å². The Labute approximate surface area is 141 Å². The highest BCUT2D eigenvalue weighted by molar-refractivity contribution is 5.75. The monoisotopic (exact) mass is 326 g/mol. The molecule has 3 aromatic rings. The fourth-order valence-electron chi connectivity index (χ4n) is 2.77. The molecular formula is C19H22N2O3. The van der Waals surface area contributed by atoms with Crippen molar-refractivity contribution in [3.8, 4) is 11.5 Å². The fourth-order valence-corrected chi connectivity index (χ4v) is 2.77. The number of hydrogen-bond acceptors (Lipinski definition) is 4. The smallest absolute Gasteiger partial charge is 0.122 e. The van der Waals surface area contributed by atoms with E-state index in [0.717, 1.165) is 41.3 Å². The van der Waals surface area contributed by atoms with Gasteiger partial charge in [0.1, 0.15) is 17.3 Å². The Kier molecular flexibility index (Phi) is 5.33. The molecule has 0 bridgehead atoms. The molecule has 0 aliphatic rings. The highest BCUT2D eigenvalue weighted by atomic mass is 16.5. The summed E-state index contributed by atoms with van der Waals surface area (Å²) in [6, 6.07) is 15.7. The van der Waals surface area contributed by atoms with Crippen LogP contribution in [0.2, 0.25) is 0 Å². The van der Waals surface area contributed by atoms with Gasteiger partial charge in [-0.2, -0.15) is 0 Å². The zero-order valence-corrected chi connectivity index (χ0v) is 13.8. The molecule has 126 valence electrons. The van der Waals surface area contributed by atoms with E-state index in [2.05, 4.69) is 15.6 Å². The second-order valence-corrected chi connectivity index (χ2v) is 5.52. The van der Waals surface area contributed by atoms with Crippen molar-refractivity contribution in [2.45, 2.75) is 19.4 Å². The molecule has 0 amide bonds. The third-order valence-electron chi connectivity index (χ3n) is 3.91. The highest BCUT2D eigenvalue weighted by Crippen LogP contribution is 2.20. The number of imidazole rings is 1. The number of methoxy groups -OCH3 is 1. The molecular weight excluding hydrogens is 304 g/mol. The van der Waals surface area contributed by atoms with Gasteiger partial charge in [0.05, 0.1) is 31.4 Å². The topological polar surface area (TPSA) is 56.5 Å². The number of fused-ring (bicyclic) bond motifs is 1. The molecule has 1 heterocycles. The number of para-hydroxylation sites is 2. The third-order valence-corrected chi connectivity index (χ3v) is 3.91. The lowest BCUT2D eigenvalue weighted by atomic mass is 10.3. The molecule has 0 aliphatic heterocycles. The molecule has 1 aromatic heterocycles. The van der Waals surface area contributed by atoms with Crippen LogP contribution in [-0.2, 0) is 13.0 Å². The molecule has 0 unspecified atom stereocenters. The predicted octanol–water partition coefficient (Wildman–Crippen LogP) is 3.05. The lowest BCUT2D eigenvalue weighted by Gasteiger charge is -2.10. The normalized spacial score (nSPS) is 10.9. The van der Waals surface area contributed by atoms with Gasteiger partial charge in [0.2, 0.25) is 0 Å². The van der Waals surface area contributed by atoms with Gasteiger partial charge in [-0.25, -0.2) is 4.98 Å². The molecule has 0 fully saturated rings. The predicted molar refractivity (Wildman–Crippen MR) is 93.6 cm³/mol. The second kappa shape index (κ2) is 7.84. The van der Waals surface area contributed by atoms with Gasteiger partial charge >= 0.3 is 0 Å². The molecule has 0 saturated carbocycles. The number of ether oxygens (including phenoxy) is 2. The second-order valence-electron chi connectivity index (χ2n) is 5.52. The number of rotatable bonds is 8. The van der Waals surface area contributed by atoms with Crippen LogP contribution in [0.15, 0.2) is 48.5 Å². The summed E-state index contributed by atoms with van der Waals surface area (Å²) in [5.41, 5.74) is 2.07. The summed E-state index contributed by atoms with van der Waals surface area (Å²) in [7, 11) is 1.64. The van der Waals surface area contributed by atoms with E-state index in [0.29, 0.717) is 13.0 Å². The third kappa shape index (κ3) is 3.68. The summed E-state index contributed by atoms with van der Waals surface area (Å²) in [5, 5.41) is 9.25. The molecule has 3 rings (SSSR count). The largest absolute Gasteiger partial charge is 0.497 e. The van der Waals surface area contributed by atoms with Gasteiger partial charge in [0, 0.05) is 19.0 Å². The average Bonchev–Trinajstić information content (AvgIpc) is 2.97. The Morgan fingerprint density at radius 1 is 1.08 bits per heavy atom. The van der Waals surface area contributed by atoms with Crippen LogP contribution in [0.3, 0.4) is 0 Å². The van der Waals surface area contributed by atoms with E-state index in [-0.39, 0.29) is 6.61 Å². The number of benzene rings is 2. The molecule has 5 heteroatoms. The molecule has 0 spiro atoms. The Morgan fingerprint density at radius 2 is 1.92 bits per heavy atom. The maximum Gasteiger partial charge on any atom is 0.122 e. The summed E-state index contributed by atoms with van der Waals surface area (Å²) in [5.74, 6) is 2.51. The standard InChI is InChI=1S/C19H22N2O3/c1-23-15-6-4-7-16(14-15)24-13-5-11-21-18-9-3-2-8-17(18)20-19(21)10-12-22/h2-4,6-9,14,22H,5,10-13H2,1H3. The van der Waals surface area contributed by atoms with E-state index in [1.165, 1.54) is 0 Å². The van der Waals surface area contributed by atoms with Crippen molar-refractivity contribution >= 4 is 11.0 Å². The minimum Gasteiger partial charge on any atom is -0.497 e. The van der Waals surface area contributed by atoms with Crippen molar-refractivity contribution in [2.75, 3.05) is 20.3 Å². The molecule has 0 atom stereocenters. The number of nitrogens with zero attached hydrogens (tertiary/aromatic N) is 2. The van der Waals surface area contributed by atoms with Gasteiger partial charge in [-0.1, -0.05) is 18.2 Å². The van der Waals surface area contributed by atoms with Crippen LogP contribution in [0.1, 0.15) is 12.2 Å². The maximum atomic E-state index is 9.25. The van der Waals surface area contributed by atoms with Crippen molar-refractivity contribution in [3.63, 3.8) is 0 Å². The van der Waals surface area contributed by atoms with E-state index in [1.807, 2.05) is 42.5 Å². The lowest BCUT2D eigenvalue weighted by Crippen LogP contribution is -2.09.